The zero-order valence-electron chi connectivity index (χ0n) is 16.4. The Kier molecular flexibility index (Phi) is 4.89. The van der Waals surface area contributed by atoms with Crippen molar-refractivity contribution in [3.05, 3.63) is 42.4 Å². The molecular weight excluding hydrogens is 366 g/mol. The number of piperidine rings is 1. The minimum absolute atomic E-state index is 0.138. The lowest BCUT2D eigenvalue weighted by Crippen LogP contribution is -2.45. The lowest BCUT2D eigenvalue weighted by molar-refractivity contribution is 0.0751. The van der Waals surface area contributed by atoms with Gasteiger partial charge in [-0.25, -0.2) is 15.0 Å². The molecule has 150 valence electrons. The second kappa shape index (κ2) is 7.83. The van der Waals surface area contributed by atoms with Crippen molar-refractivity contribution in [3.63, 3.8) is 0 Å². The quantitative estimate of drug-likeness (QED) is 0.671. The van der Waals surface area contributed by atoms with Gasteiger partial charge in [0.1, 0.15) is 23.3 Å². The molecule has 0 bridgehead atoms. The van der Waals surface area contributed by atoms with Crippen LogP contribution >= 0.6 is 0 Å². The van der Waals surface area contributed by atoms with E-state index in [-0.39, 0.29) is 5.91 Å². The largest absolute Gasteiger partial charge is 0.493 e. The van der Waals surface area contributed by atoms with Crippen LogP contribution in [0.4, 0.5) is 0 Å². The Hall–Kier alpha value is -2.93. The van der Waals surface area contributed by atoms with Crippen LogP contribution in [0.3, 0.4) is 0 Å². The van der Waals surface area contributed by atoms with Crippen molar-refractivity contribution < 1.29 is 9.53 Å². The molecule has 2 aliphatic rings. The molecular formula is C22H25N5O2. The molecule has 29 heavy (non-hydrogen) atoms. The summed E-state index contributed by atoms with van der Waals surface area (Å²) < 4.78 is 6.06. The number of carbonyl (C=O) groups excluding carboxylic acids is 1. The molecule has 5 rings (SSSR count). The second-order valence-electron chi connectivity index (χ2n) is 7.89. The molecule has 7 nitrogen and oxygen atoms in total. The van der Waals surface area contributed by atoms with Gasteiger partial charge in [-0.05, 0) is 43.7 Å². The van der Waals surface area contributed by atoms with Crippen LogP contribution in [0.15, 0.2) is 36.8 Å². The van der Waals surface area contributed by atoms with Crippen LogP contribution in [0, 0.1) is 5.92 Å². The molecule has 2 N–H and O–H groups in total. The molecule has 2 fully saturated rings. The maximum Gasteiger partial charge on any atom is 0.269 e. The number of nitrogens with one attached hydrogen (secondary N) is 2. The number of ether oxygens (including phenoxy) is 1. The lowest BCUT2D eigenvalue weighted by atomic mass is 10.1. The molecule has 2 aromatic heterocycles. The highest BCUT2D eigenvalue weighted by Crippen LogP contribution is 2.35. The number of amides is 1. The van der Waals surface area contributed by atoms with E-state index >= 15 is 0 Å². The predicted molar refractivity (Wildman–Crippen MR) is 110 cm³/mol. The maximum atomic E-state index is 12.8. The number of benzene rings is 1. The van der Waals surface area contributed by atoms with Crippen LogP contribution in [-0.4, -0.2) is 45.6 Å². The van der Waals surface area contributed by atoms with Crippen molar-refractivity contribution >= 4 is 16.9 Å². The number of hydrogen-bond donors (Lipinski definition) is 2. The molecule has 3 aromatic rings. The molecule has 1 aliphatic carbocycles. The van der Waals surface area contributed by atoms with Gasteiger partial charge < -0.3 is 9.72 Å². The van der Waals surface area contributed by atoms with E-state index in [9.17, 15) is 4.79 Å². The van der Waals surface area contributed by atoms with Gasteiger partial charge in [-0.3, -0.25) is 10.2 Å². The first-order chi connectivity index (χ1) is 14.3. The molecule has 3 heterocycles. The number of hydrogen-bond acceptors (Lipinski definition) is 5. The predicted octanol–water partition coefficient (Wildman–Crippen LogP) is 3.54. The number of rotatable bonds is 6. The number of fused-ring (bicyclic) bond motifs is 1. The number of carbonyl (C=O) groups is 1. The van der Waals surface area contributed by atoms with Crippen molar-refractivity contribution in [2.75, 3.05) is 19.7 Å². The Morgan fingerprint density at radius 3 is 2.83 bits per heavy atom. The zero-order valence-corrected chi connectivity index (χ0v) is 16.4. The van der Waals surface area contributed by atoms with E-state index in [4.69, 9.17) is 4.74 Å². The summed E-state index contributed by atoms with van der Waals surface area (Å²) in [5.74, 6) is 1.35. The Bertz CT molecular complexity index is 1020. The van der Waals surface area contributed by atoms with Crippen molar-refractivity contribution in [1.82, 2.24) is 25.4 Å². The molecule has 0 atom stereocenters. The number of aromatic amines is 1. The normalized spacial score (nSPS) is 17.4. The first-order valence-corrected chi connectivity index (χ1v) is 10.4. The summed E-state index contributed by atoms with van der Waals surface area (Å²) in [6.45, 7) is 2.51. The fourth-order valence-electron chi connectivity index (χ4n) is 3.81. The fourth-order valence-corrected chi connectivity index (χ4v) is 3.81. The van der Waals surface area contributed by atoms with Crippen molar-refractivity contribution in [2.24, 2.45) is 5.92 Å². The highest BCUT2D eigenvalue weighted by Gasteiger charge is 2.24. The summed E-state index contributed by atoms with van der Waals surface area (Å²) in [6, 6.07) is 7.91. The minimum atomic E-state index is -0.138. The zero-order chi connectivity index (χ0) is 19.6. The van der Waals surface area contributed by atoms with Crippen LogP contribution in [0.1, 0.15) is 42.5 Å². The topological polar surface area (TPSA) is 83.1 Å². The van der Waals surface area contributed by atoms with Crippen LogP contribution < -0.4 is 10.2 Å². The second-order valence-corrected chi connectivity index (χ2v) is 7.89. The van der Waals surface area contributed by atoms with E-state index in [0.717, 1.165) is 55.1 Å². The summed E-state index contributed by atoms with van der Waals surface area (Å²) in [4.78, 5) is 24.9. The third-order valence-corrected chi connectivity index (χ3v) is 5.64. The maximum absolute atomic E-state index is 12.8. The third-order valence-electron chi connectivity index (χ3n) is 5.64. The van der Waals surface area contributed by atoms with Crippen LogP contribution in [-0.2, 0) is 0 Å². The van der Waals surface area contributed by atoms with Gasteiger partial charge in [0.2, 0.25) is 0 Å². The first kappa shape index (κ1) is 18.1. The highest BCUT2D eigenvalue weighted by molar-refractivity contribution is 6.07. The van der Waals surface area contributed by atoms with E-state index < -0.39 is 0 Å². The molecule has 0 radical (unpaired) electrons. The number of aromatic nitrogens is 3. The fraction of sp³-hybridized carbons (Fsp3) is 0.409. The van der Waals surface area contributed by atoms with Gasteiger partial charge in [-0.2, -0.15) is 0 Å². The first-order valence-electron chi connectivity index (χ1n) is 10.4. The molecule has 1 amide bonds. The summed E-state index contributed by atoms with van der Waals surface area (Å²) in [5.41, 5.74) is 6.58. The van der Waals surface area contributed by atoms with Gasteiger partial charge in [0.15, 0.2) is 0 Å². The van der Waals surface area contributed by atoms with Gasteiger partial charge in [0, 0.05) is 24.8 Å². The van der Waals surface area contributed by atoms with Gasteiger partial charge in [0.25, 0.3) is 5.91 Å². The van der Waals surface area contributed by atoms with Crippen LogP contribution in [0.25, 0.3) is 22.3 Å². The number of nitrogens with zero attached hydrogens (tertiary/aromatic N) is 3. The van der Waals surface area contributed by atoms with Gasteiger partial charge >= 0.3 is 0 Å². The average molecular weight is 391 g/mol. The molecule has 1 aromatic carbocycles. The van der Waals surface area contributed by atoms with Crippen molar-refractivity contribution in [1.29, 1.82) is 0 Å². The minimum Gasteiger partial charge on any atom is -0.493 e. The third kappa shape index (κ3) is 3.82. The van der Waals surface area contributed by atoms with Crippen molar-refractivity contribution in [2.45, 2.75) is 32.1 Å². The van der Waals surface area contributed by atoms with E-state index in [1.54, 1.807) is 6.20 Å². The highest BCUT2D eigenvalue weighted by atomic mass is 16.5. The van der Waals surface area contributed by atoms with Gasteiger partial charge in [0.05, 0.1) is 17.7 Å². The molecule has 0 unspecified atom stereocenters. The molecule has 1 aliphatic heterocycles. The standard InChI is InChI=1S/C22H25N5O2/c28-22(26-27-10-4-1-5-11-27)17-12-23-21-19(24-14-25-20(17)21)16-6-2-3-7-18(16)29-13-15-8-9-15/h2-3,6-7,12,14-15,23H,1,4-5,8-11,13H2,(H,26,28). The summed E-state index contributed by atoms with van der Waals surface area (Å²) in [5, 5.41) is 1.99. The summed E-state index contributed by atoms with van der Waals surface area (Å²) >= 11 is 0. The van der Waals surface area contributed by atoms with Crippen LogP contribution in [0.2, 0.25) is 0 Å². The number of para-hydroxylation sites is 1. The number of H-pyrrole nitrogens is 1. The Morgan fingerprint density at radius 1 is 1.17 bits per heavy atom. The van der Waals surface area contributed by atoms with E-state index in [1.807, 2.05) is 29.3 Å². The average Bonchev–Trinajstić information content (AvgIpc) is 3.49. The van der Waals surface area contributed by atoms with E-state index in [1.165, 1.54) is 25.6 Å². The molecule has 7 heteroatoms. The summed E-state index contributed by atoms with van der Waals surface area (Å²) in [7, 11) is 0. The van der Waals surface area contributed by atoms with Crippen LogP contribution in [0.5, 0.6) is 5.75 Å². The van der Waals surface area contributed by atoms with Crippen molar-refractivity contribution in [3.8, 4) is 17.0 Å². The Balaban J connectivity index is 1.45. The van der Waals surface area contributed by atoms with Gasteiger partial charge in [-0.1, -0.05) is 18.6 Å². The Morgan fingerprint density at radius 2 is 2.00 bits per heavy atom. The lowest BCUT2D eigenvalue weighted by Gasteiger charge is -2.26. The molecule has 0 spiro atoms. The molecule has 1 saturated heterocycles. The monoisotopic (exact) mass is 391 g/mol. The number of hydrazine groups is 1. The van der Waals surface area contributed by atoms with E-state index in [0.29, 0.717) is 17.0 Å². The smallest absolute Gasteiger partial charge is 0.269 e. The SMILES string of the molecule is O=C(NN1CCCCC1)c1c[nH]c2c(-c3ccccc3OCC3CC3)ncnc12. The summed E-state index contributed by atoms with van der Waals surface area (Å²) in [6.07, 6.45) is 9.16. The molecule has 1 saturated carbocycles. The Labute approximate surface area is 169 Å². The van der Waals surface area contributed by atoms with E-state index in [2.05, 4.69) is 20.4 Å². The van der Waals surface area contributed by atoms with Gasteiger partial charge in [-0.15, -0.1) is 0 Å².